The Bertz CT molecular complexity index is 1480. The van der Waals surface area contributed by atoms with E-state index in [2.05, 4.69) is 15.6 Å². The van der Waals surface area contributed by atoms with Crippen molar-refractivity contribution in [2.24, 2.45) is 0 Å². The monoisotopic (exact) mass is 545 g/mol. The summed E-state index contributed by atoms with van der Waals surface area (Å²) in [5, 5.41) is 11.5. The lowest BCUT2D eigenvalue weighted by Crippen LogP contribution is -2.51. The third-order valence-electron chi connectivity index (χ3n) is 6.85. The SMILES string of the molecule is CCC(C)(C)NC(=O)C(c1cccc(OC)c1)N(C(=O)Cn1nnc2ccccc21)c1cc(OC)cc(OC)c1. The lowest BCUT2D eigenvalue weighted by Gasteiger charge is -2.35. The summed E-state index contributed by atoms with van der Waals surface area (Å²) < 4.78 is 18.0. The summed E-state index contributed by atoms with van der Waals surface area (Å²) in [4.78, 5) is 29.9. The quantitative estimate of drug-likeness (QED) is 0.295. The van der Waals surface area contributed by atoms with Crippen molar-refractivity contribution < 1.29 is 23.8 Å². The van der Waals surface area contributed by atoms with Gasteiger partial charge in [0.25, 0.3) is 0 Å². The number of amides is 2. The first-order chi connectivity index (χ1) is 19.2. The van der Waals surface area contributed by atoms with Crippen LogP contribution in [0.5, 0.6) is 17.2 Å². The minimum atomic E-state index is -1.06. The number of methoxy groups -OCH3 is 3. The molecule has 0 spiro atoms. The van der Waals surface area contributed by atoms with Gasteiger partial charge >= 0.3 is 0 Å². The number of anilines is 1. The minimum Gasteiger partial charge on any atom is -0.497 e. The van der Waals surface area contributed by atoms with E-state index in [4.69, 9.17) is 14.2 Å². The topological polar surface area (TPSA) is 108 Å². The summed E-state index contributed by atoms with van der Waals surface area (Å²) >= 11 is 0. The summed E-state index contributed by atoms with van der Waals surface area (Å²) in [5.74, 6) is 0.763. The Morgan fingerprint density at radius 2 is 1.60 bits per heavy atom. The molecule has 1 aromatic heterocycles. The van der Waals surface area contributed by atoms with Gasteiger partial charge in [-0.05, 0) is 50.1 Å². The molecule has 2 amide bonds. The Kier molecular flexibility index (Phi) is 8.57. The molecule has 0 saturated heterocycles. The van der Waals surface area contributed by atoms with Crippen LogP contribution in [0.25, 0.3) is 11.0 Å². The van der Waals surface area contributed by atoms with Crippen LogP contribution in [0.3, 0.4) is 0 Å². The van der Waals surface area contributed by atoms with Crippen LogP contribution in [0.15, 0.2) is 66.7 Å². The molecule has 40 heavy (non-hydrogen) atoms. The number of hydrogen-bond acceptors (Lipinski definition) is 7. The second-order valence-corrected chi connectivity index (χ2v) is 9.98. The normalized spacial score (nSPS) is 12.1. The van der Waals surface area contributed by atoms with Gasteiger partial charge in [-0.25, -0.2) is 4.68 Å². The van der Waals surface area contributed by atoms with Gasteiger partial charge in [0.15, 0.2) is 0 Å². The van der Waals surface area contributed by atoms with E-state index in [1.54, 1.807) is 49.6 Å². The maximum atomic E-state index is 14.3. The molecule has 4 aromatic rings. The van der Waals surface area contributed by atoms with Crippen LogP contribution in [0.1, 0.15) is 38.8 Å². The van der Waals surface area contributed by atoms with Gasteiger partial charge in [-0.3, -0.25) is 14.5 Å². The fraction of sp³-hybridized carbons (Fsp3) is 0.333. The van der Waals surface area contributed by atoms with Gasteiger partial charge in [0.05, 0.1) is 32.5 Å². The number of rotatable bonds is 11. The van der Waals surface area contributed by atoms with Gasteiger partial charge in [-0.1, -0.05) is 36.4 Å². The van der Waals surface area contributed by atoms with E-state index in [0.717, 1.165) is 0 Å². The summed E-state index contributed by atoms with van der Waals surface area (Å²) in [5.41, 5.74) is 1.84. The van der Waals surface area contributed by atoms with Crippen molar-refractivity contribution in [1.29, 1.82) is 0 Å². The number of ether oxygens (including phenoxy) is 3. The maximum Gasteiger partial charge on any atom is 0.249 e. The summed E-state index contributed by atoms with van der Waals surface area (Å²) in [7, 11) is 4.62. The highest BCUT2D eigenvalue weighted by Crippen LogP contribution is 2.35. The molecule has 3 aromatic carbocycles. The van der Waals surface area contributed by atoms with E-state index >= 15 is 0 Å². The lowest BCUT2D eigenvalue weighted by molar-refractivity contribution is -0.128. The number of aromatic nitrogens is 3. The molecule has 210 valence electrons. The molecule has 1 atom stereocenters. The van der Waals surface area contributed by atoms with E-state index in [9.17, 15) is 9.59 Å². The first-order valence-corrected chi connectivity index (χ1v) is 13.0. The second-order valence-electron chi connectivity index (χ2n) is 9.98. The Morgan fingerprint density at radius 3 is 2.25 bits per heavy atom. The van der Waals surface area contributed by atoms with Crippen LogP contribution < -0.4 is 24.4 Å². The zero-order valence-electron chi connectivity index (χ0n) is 23.7. The van der Waals surface area contributed by atoms with E-state index in [1.807, 2.05) is 45.0 Å². The molecule has 0 aliphatic carbocycles. The van der Waals surface area contributed by atoms with Crippen LogP contribution in [-0.2, 0) is 16.1 Å². The third kappa shape index (κ3) is 6.17. The number of benzene rings is 3. The second kappa shape index (κ2) is 12.1. The van der Waals surface area contributed by atoms with Crippen molar-refractivity contribution in [2.45, 2.75) is 45.3 Å². The van der Waals surface area contributed by atoms with Crippen LogP contribution in [0, 0.1) is 0 Å². The fourth-order valence-corrected chi connectivity index (χ4v) is 4.33. The van der Waals surface area contributed by atoms with Crippen molar-refractivity contribution in [3.05, 3.63) is 72.3 Å². The molecule has 0 saturated carbocycles. The van der Waals surface area contributed by atoms with Gasteiger partial charge < -0.3 is 19.5 Å². The van der Waals surface area contributed by atoms with Crippen molar-refractivity contribution in [2.75, 3.05) is 26.2 Å². The number of fused-ring (bicyclic) bond motifs is 1. The number of hydrogen-bond donors (Lipinski definition) is 1. The molecule has 0 fully saturated rings. The predicted molar refractivity (Wildman–Crippen MR) is 153 cm³/mol. The predicted octanol–water partition coefficient (Wildman–Crippen LogP) is 4.54. The summed E-state index contributed by atoms with van der Waals surface area (Å²) in [6.07, 6.45) is 0.690. The fourth-order valence-electron chi connectivity index (χ4n) is 4.33. The molecule has 0 aliphatic heterocycles. The Hall–Kier alpha value is -4.60. The van der Waals surface area contributed by atoms with Crippen molar-refractivity contribution in [1.82, 2.24) is 20.3 Å². The molecule has 1 unspecified atom stereocenters. The number of nitrogens with zero attached hydrogens (tertiary/aromatic N) is 4. The number of nitrogens with one attached hydrogen (secondary N) is 1. The van der Waals surface area contributed by atoms with Crippen molar-refractivity contribution in [3.8, 4) is 17.2 Å². The van der Waals surface area contributed by atoms with E-state index in [1.165, 1.54) is 23.8 Å². The molecule has 1 heterocycles. The first-order valence-electron chi connectivity index (χ1n) is 13.0. The standard InChI is InChI=1S/C30H35N5O5/c1-7-30(2,3)31-29(37)28(20-11-10-12-22(15-20)38-4)35(21-16-23(39-5)18-24(17-21)40-6)27(36)19-34-26-14-9-8-13-25(26)32-33-34/h8-18,28H,7,19H2,1-6H3,(H,31,37). The van der Waals surface area contributed by atoms with Gasteiger partial charge in [0.1, 0.15) is 35.4 Å². The highest BCUT2D eigenvalue weighted by atomic mass is 16.5. The number of carbonyl (C=O) groups is 2. The highest BCUT2D eigenvalue weighted by molar-refractivity contribution is 6.02. The third-order valence-corrected chi connectivity index (χ3v) is 6.85. The number of para-hydroxylation sites is 1. The van der Waals surface area contributed by atoms with E-state index < -0.39 is 11.6 Å². The molecular weight excluding hydrogens is 510 g/mol. The molecule has 0 bridgehead atoms. The Balaban J connectivity index is 1.90. The minimum absolute atomic E-state index is 0.162. The lowest BCUT2D eigenvalue weighted by atomic mass is 9.98. The van der Waals surface area contributed by atoms with Gasteiger partial charge in [-0.2, -0.15) is 0 Å². The average Bonchev–Trinajstić information content (AvgIpc) is 3.37. The van der Waals surface area contributed by atoms with Gasteiger partial charge in [0.2, 0.25) is 11.8 Å². The largest absolute Gasteiger partial charge is 0.497 e. The first kappa shape index (κ1) is 28.4. The van der Waals surface area contributed by atoms with Crippen molar-refractivity contribution >= 4 is 28.5 Å². The maximum absolute atomic E-state index is 14.3. The summed E-state index contributed by atoms with van der Waals surface area (Å²) in [6.45, 7) is 5.71. The van der Waals surface area contributed by atoms with Crippen LogP contribution >= 0.6 is 0 Å². The molecule has 10 nitrogen and oxygen atoms in total. The molecule has 0 aliphatic rings. The van der Waals surface area contributed by atoms with Crippen LogP contribution in [0.2, 0.25) is 0 Å². The van der Waals surface area contributed by atoms with Gasteiger partial charge in [-0.15, -0.1) is 5.10 Å². The molecule has 4 rings (SSSR count). The van der Waals surface area contributed by atoms with Crippen LogP contribution in [-0.4, -0.2) is 53.7 Å². The Morgan fingerprint density at radius 1 is 0.925 bits per heavy atom. The van der Waals surface area contributed by atoms with E-state index in [-0.39, 0.29) is 18.4 Å². The summed E-state index contributed by atoms with van der Waals surface area (Å²) in [6, 6.07) is 18.6. The highest BCUT2D eigenvalue weighted by Gasteiger charge is 2.36. The number of carbonyl (C=O) groups excluding carboxylic acids is 2. The zero-order chi connectivity index (χ0) is 28.9. The molecule has 1 N–H and O–H groups in total. The van der Waals surface area contributed by atoms with Gasteiger partial charge in [0, 0.05) is 23.7 Å². The zero-order valence-corrected chi connectivity index (χ0v) is 23.7. The Labute approximate surface area is 233 Å². The molecular formula is C30H35N5O5. The molecule has 0 radical (unpaired) electrons. The average molecular weight is 546 g/mol. The van der Waals surface area contributed by atoms with E-state index in [0.29, 0.717) is 46.0 Å². The molecule has 10 heteroatoms. The smallest absolute Gasteiger partial charge is 0.249 e. The van der Waals surface area contributed by atoms with Crippen molar-refractivity contribution in [3.63, 3.8) is 0 Å². The van der Waals surface area contributed by atoms with Crippen LogP contribution in [0.4, 0.5) is 5.69 Å².